The minimum absolute atomic E-state index is 0.644. The Bertz CT molecular complexity index is 833. The fraction of sp³-hybridized carbons (Fsp3) is 0.235. The molecule has 1 aromatic carbocycles. The predicted octanol–water partition coefficient (Wildman–Crippen LogP) is 4.06. The van der Waals surface area contributed by atoms with Gasteiger partial charge in [-0.1, -0.05) is 6.07 Å². The third-order valence-corrected chi connectivity index (χ3v) is 4.71. The zero-order chi connectivity index (χ0) is 15.1. The molecule has 0 radical (unpaired) electrons. The van der Waals surface area contributed by atoms with Crippen LogP contribution in [0.1, 0.15) is 22.4 Å². The van der Waals surface area contributed by atoms with Crippen molar-refractivity contribution in [2.75, 3.05) is 5.32 Å². The number of nitrogens with zero attached hydrogens (tertiary/aromatic N) is 3. The molecule has 5 heteroatoms. The number of nitrogens with one attached hydrogen (secondary N) is 1. The van der Waals surface area contributed by atoms with Crippen LogP contribution in [0.15, 0.2) is 29.9 Å². The molecular formula is C17H16N4S. The lowest BCUT2D eigenvalue weighted by molar-refractivity contribution is 0.888. The van der Waals surface area contributed by atoms with E-state index in [1.54, 1.807) is 11.3 Å². The Balaban J connectivity index is 1.71. The van der Waals surface area contributed by atoms with E-state index < -0.39 is 0 Å². The van der Waals surface area contributed by atoms with Gasteiger partial charge in [0.15, 0.2) is 0 Å². The highest BCUT2D eigenvalue weighted by molar-refractivity contribution is 7.13. The molecule has 0 amide bonds. The van der Waals surface area contributed by atoms with Gasteiger partial charge in [0.2, 0.25) is 5.95 Å². The number of aryl methyl sites for hydroxylation is 4. The minimum atomic E-state index is 0.644. The van der Waals surface area contributed by atoms with Crippen LogP contribution >= 0.6 is 11.3 Å². The van der Waals surface area contributed by atoms with Crippen LogP contribution in [0.2, 0.25) is 0 Å². The molecule has 0 fully saturated rings. The summed E-state index contributed by atoms with van der Waals surface area (Å²) < 4.78 is 0. The summed E-state index contributed by atoms with van der Waals surface area (Å²) in [6.07, 6.45) is 3.89. The third-order valence-electron chi connectivity index (χ3n) is 3.83. The molecule has 0 saturated heterocycles. The average Bonchev–Trinajstić information content (AvgIpc) is 2.95. The molecule has 22 heavy (non-hydrogen) atoms. The maximum atomic E-state index is 4.73. The maximum absolute atomic E-state index is 4.73. The van der Waals surface area contributed by atoms with E-state index in [-0.39, 0.29) is 0 Å². The van der Waals surface area contributed by atoms with Crippen LogP contribution in [0.3, 0.4) is 0 Å². The molecule has 0 bridgehead atoms. The summed E-state index contributed by atoms with van der Waals surface area (Å²) in [5.74, 6) is 0.644. The summed E-state index contributed by atoms with van der Waals surface area (Å²) in [4.78, 5) is 14.8. The molecule has 0 saturated carbocycles. The van der Waals surface area contributed by atoms with Gasteiger partial charge in [-0.15, -0.1) is 11.3 Å². The van der Waals surface area contributed by atoms with Crippen LogP contribution in [0.25, 0.3) is 10.6 Å². The first-order valence-electron chi connectivity index (χ1n) is 7.33. The van der Waals surface area contributed by atoms with Gasteiger partial charge in [-0.3, -0.25) is 0 Å². The lowest BCUT2D eigenvalue weighted by Gasteiger charge is -2.15. The first-order valence-corrected chi connectivity index (χ1v) is 8.21. The van der Waals surface area contributed by atoms with Crippen molar-refractivity contribution in [3.63, 3.8) is 0 Å². The molecule has 110 valence electrons. The second kappa shape index (κ2) is 5.18. The van der Waals surface area contributed by atoms with Crippen molar-refractivity contribution in [1.29, 1.82) is 0 Å². The first-order chi connectivity index (χ1) is 10.7. The molecule has 0 unspecified atom stereocenters. The highest BCUT2D eigenvalue weighted by Gasteiger charge is 2.20. The van der Waals surface area contributed by atoms with E-state index in [2.05, 4.69) is 47.3 Å². The fourth-order valence-electron chi connectivity index (χ4n) is 2.92. The van der Waals surface area contributed by atoms with Crippen molar-refractivity contribution in [1.82, 2.24) is 15.0 Å². The number of anilines is 2. The van der Waals surface area contributed by atoms with Crippen LogP contribution in [0, 0.1) is 13.8 Å². The monoisotopic (exact) mass is 308 g/mol. The van der Waals surface area contributed by atoms with E-state index in [0.717, 1.165) is 29.9 Å². The van der Waals surface area contributed by atoms with Gasteiger partial charge in [-0.05, 0) is 55.5 Å². The fourth-order valence-corrected chi connectivity index (χ4v) is 3.78. The Morgan fingerprint density at radius 3 is 2.68 bits per heavy atom. The number of hydrogen-bond donors (Lipinski definition) is 1. The van der Waals surface area contributed by atoms with E-state index in [1.807, 2.05) is 11.7 Å². The van der Waals surface area contributed by atoms with E-state index >= 15 is 0 Å². The number of benzene rings is 1. The van der Waals surface area contributed by atoms with E-state index in [9.17, 15) is 0 Å². The van der Waals surface area contributed by atoms with Crippen LogP contribution in [0.5, 0.6) is 0 Å². The first kappa shape index (κ1) is 13.4. The van der Waals surface area contributed by atoms with Gasteiger partial charge in [0, 0.05) is 11.9 Å². The van der Waals surface area contributed by atoms with Gasteiger partial charge < -0.3 is 5.32 Å². The molecule has 0 aliphatic heterocycles. The van der Waals surface area contributed by atoms with Gasteiger partial charge >= 0.3 is 0 Å². The van der Waals surface area contributed by atoms with Crippen molar-refractivity contribution in [3.05, 3.63) is 52.3 Å². The van der Waals surface area contributed by atoms with Crippen LogP contribution in [-0.2, 0) is 12.8 Å². The lowest BCUT2D eigenvalue weighted by atomic mass is 10.00. The summed E-state index contributed by atoms with van der Waals surface area (Å²) in [5.41, 5.74) is 8.79. The molecule has 3 aromatic rings. The molecule has 1 aliphatic rings. The quantitative estimate of drug-likeness (QED) is 0.775. The molecular weight excluding hydrogens is 292 g/mol. The number of fused-ring (bicyclic) bond motifs is 3. The number of thiazole rings is 1. The Morgan fingerprint density at radius 1 is 1.05 bits per heavy atom. The molecule has 4 nitrogen and oxygen atoms in total. The standard InChI is InChI=1S/C17H16N4S/c1-10-5-11(2)7-13(6-10)20-17-18-8-12-3-4-14-16(15(12)21-17)22-9-19-14/h5-9H,3-4H2,1-2H3,(H,18,20,21). The molecule has 2 aromatic heterocycles. The average molecular weight is 308 g/mol. The highest BCUT2D eigenvalue weighted by atomic mass is 32.1. The smallest absolute Gasteiger partial charge is 0.227 e. The van der Waals surface area contributed by atoms with Crippen molar-refractivity contribution in [2.45, 2.75) is 26.7 Å². The normalized spacial score (nSPS) is 12.6. The maximum Gasteiger partial charge on any atom is 0.227 e. The topological polar surface area (TPSA) is 50.7 Å². The zero-order valence-corrected chi connectivity index (χ0v) is 13.4. The summed E-state index contributed by atoms with van der Waals surface area (Å²) in [6.45, 7) is 4.19. The third kappa shape index (κ3) is 2.37. The van der Waals surface area contributed by atoms with Gasteiger partial charge in [-0.25, -0.2) is 15.0 Å². The summed E-state index contributed by atoms with van der Waals surface area (Å²) in [7, 11) is 0. The second-order valence-corrected chi connectivity index (χ2v) is 6.55. The summed E-state index contributed by atoms with van der Waals surface area (Å²) >= 11 is 1.66. The minimum Gasteiger partial charge on any atom is -0.324 e. The lowest BCUT2D eigenvalue weighted by Crippen LogP contribution is -2.07. The van der Waals surface area contributed by atoms with Gasteiger partial charge in [0.05, 0.1) is 21.8 Å². The number of aromatic nitrogens is 3. The largest absolute Gasteiger partial charge is 0.324 e. The van der Waals surface area contributed by atoms with E-state index in [4.69, 9.17) is 4.98 Å². The van der Waals surface area contributed by atoms with Crippen molar-refractivity contribution < 1.29 is 0 Å². The SMILES string of the molecule is Cc1cc(C)cc(Nc2ncc3c(n2)-c2scnc2CC3)c1. The predicted molar refractivity (Wildman–Crippen MR) is 89.7 cm³/mol. The van der Waals surface area contributed by atoms with Crippen LogP contribution in [-0.4, -0.2) is 15.0 Å². The van der Waals surface area contributed by atoms with Crippen molar-refractivity contribution in [2.24, 2.45) is 0 Å². The van der Waals surface area contributed by atoms with Gasteiger partial charge in [0.25, 0.3) is 0 Å². The summed E-state index contributed by atoms with van der Waals surface area (Å²) in [5, 5.41) is 3.32. The van der Waals surface area contributed by atoms with Crippen molar-refractivity contribution >= 4 is 23.0 Å². The Morgan fingerprint density at radius 2 is 1.86 bits per heavy atom. The van der Waals surface area contributed by atoms with Crippen molar-refractivity contribution in [3.8, 4) is 10.6 Å². The molecule has 4 rings (SSSR count). The van der Waals surface area contributed by atoms with E-state index in [1.165, 1.54) is 21.6 Å². The molecule has 0 atom stereocenters. The highest BCUT2D eigenvalue weighted by Crippen LogP contribution is 2.34. The Kier molecular flexibility index (Phi) is 3.15. The zero-order valence-electron chi connectivity index (χ0n) is 12.6. The summed E-state index contributed by atoms with van der Waals surface area (Å²) in [6, 6.07) is 6.37. The van der Waals surface area contributed by atoms with Gasteiger partial charge in [0.1, 0.15) is 0 Å². The van der Waals surface area contributed by atoms with Gasteiger partial charge in [-0.2, -0.15) is 0 Å². The molecule has 1 N–H and O–H groups in total. The van der Waals surface area contributed by atoms with Crippen LogP contribution < -0.4 is 5.32 Å². The van der Waals surface area contributed by atoms with E-state index in [0.29, 0.717) is 5.95 Å². The van der Waals surface area contributed by atoms with Crippen LogP contribution in [0.4, 0.5) is 11.6 Å². The second-order valence-electron chi connectivity index (χ2n) is 5.70. The Labute approximate surface area is 133 Å². The molecule has 0 spiro atoms. The Hall–Kier alpha value is -2.27. The molecule has 2 heterocycles. The number of rotatable bonds is 2. The number of hydrogen-bond acceptors (Lipinski definition) is 5. The molecule has 1 aliphatic carbocycles.